The number of benzene rings is 1. The molecule has 3 N–H and O–H groups in total. The zero-order valence-electron chi connectivity index (χ0n) is 17.3. The third-order valence-corrected chi connectivity index (χ3v) is 5.48. The van der Waals surface area contributed by atoms with E-state index in [2.05, 4.69) is 25.3 Å². The fourth-order valence-electron chi connectivity index (χ4n) is 3.85. The lowest BCUT2D eigenvalue weighted by Crippen LogP contribution is -2.43. The molecule has 1 amide bonds. The summed E-state index contributed by atoms with van der Waals surface area (Å²) >= 11 is 0. The highest BCUT2D eigenvalue weighted by atomic mass is 16.5. The number of nitrogen functional groups attached to an aromatic ring is 1. The van der Waals surface area contributed by atoms with E-state index in [0.717, 1.165) is 55.4 Å². The molecule has 1 aliphatic heterocycles. The fraction of sp³-hybridized carbons (Fsp3) is 0.429. The number of nitrogens with zero attached hydrogens (tertiary/aromatic N) is 5. The largest absolute Gasteiger partial charge is 0.379 e. The number of ether oxygens (including phenoxy) is 1. The van der Waals surface area contributed by atoms with Gasteiger partial charge in [0.15, 0.2) is 0 Å². The van der Waals surface area contributed by atoms with Gasteiger partial charge in [0.05, 0.1) is 25.7 Å². The van der Waals surface area contributed by atoms with Crippen LogP contribution in [-0.2, 0) is 16.0 Å². The van der Waals surface area contributed by atoms with Gasteiger partial charge in [-0.2, -0.15) is 9.50 Å². The minimum absolute atomic E-state index is 0.0578. The first-order chi connectivity index (χ1) is 14.5. The van der Waals surface area contributed by atoms with Crippen LogP contribution >= 0.6 is 0 Å². The Kier molecular flexibility index (Phi) is 5.91. The second-order valence-corrected chi connectivity index (χ2v) is 7.56. The number of morpholine rings is 1. The van der Waals surface area contributed by atoms with Crippen LogP contribution in [0, 0.1) is 13.8 Å². The van der Waals surface area contributed by atoms with E-state index in [0.29, 0.717) is 5.78 Å². The van der Waals surface area contributed by atoms with Gasteiger partial charge in [-0.25, -0.2) is 4.98 Å². The van der Waals surface area contributed by atoms with Crippen molar-refractivity contribution in [2.75, 3.05) is 38.6 Å². The molecule has 0 saturated carbocycles. The highest BCUT2D eigenvalue weighted by Gasteiger charge is 2.22. The van der Waals surface area contributed by atoms with Crippen molar-refractivity contribution < 1.29 is 9.53 Å². The Bertz CT molecular complexity index is 1030. The maximum absolute atomic E-state index is 13.0. The van der Waals surface area contributed by atoms with Crippen LogP contribution in [-0.4, -0.2) is 63.2 Å². The molecule has 158 valence electrons. The maximum atomic E-state index is 13.0. The molecule has 0 spiro atoms. The Hall–Kier alpha value is -3.04. The normalized spacial score (nSPS) is 15.9. The van der Waals surface area contributed by atoms with Crippen molar-refractivity contribution in [1.29, 1.82) is 0 Å². The summed E-state index contributed by atoms with van der Waals surface area (Å²) in [5.74, 6) is 0.556. The van der Waals surface area contributed by atoms with E-state index in [4.69, 9.17) is 10.5 Å². The van der Waals surface area contributed by atoms with Gasteiger partial charge in [-0.05, 0) is 19.4 Å². The molecule has 2 aromatic heterocycles. The van der Waals surface area contributed by atoms with Gasteiger partial charge in [0.25, 0.3) is 5.78 Å². The lowest BCUT2D eigenvalue weighted by atomic mass is 10.0. The summed E-state index contributed by atoms with van der Waals surface area (Å²) in [6.45, 7) is 7.70. The molecule has 9 nitrogen and oxygen atoms in total. The lowest BCUT2D eigenvalue weighted by molar-refractivity contribution is -0.121. The molecule has 1 aromatic carbocycles. The molecule has 1 fully saturated rings. The molecule has 0 bridgehead atoms. The molecule has 1 atom stereocenters. The monoisotopic (exact) mass is 409 g/mol. The predicted octanol–water partition coefficient (Wildman–Crippen LogP) is 1.06. The zero-order valence-corrected chi connectivity index (χ0v) is 17.3. The summed E-state index contributed by atoms with van der Waals surface area (Å²) in [5.41, 5.74) is 9.20. The summed E-state index contributed by atoms with van der Waals surface area (Å²) in [4.78, 5) is 23.9. The Labute approximate surface area is 175 Å². The van der Waals surface area contributed by atoms with Crippen LogP contribution < -0.4 is 11.1 Å². The van der Waals surface area contributed by atoms with Crippen molar-refractivity contribution in [3.05, 3.63) is 52.8 Å². The van der Waals surface area contributed by atoms with E-state index in [1.54, 1.807) is 4.52 Å². The highest BCUT2D eigenvalue weighted by molar-refractivity contribution is 5.79. The van der Waals surface area contributed by atoms with Crippen LogP contribution in [0.2, 0.25) is 0 Å². The van der Waals surface area contributed by atoms with Crippen molar-refractivity contribution in [2.24, 2.45) is 0 Å². The molecule has 1 saturated heterocycles. The van der Waals surface area contributed by atoms with Crippen molar-refractivity contribution in [3.63, 3.8) is 0 Å². The van der Waals surface area contributed by atoms with Crippen LogP contribution in [0.25, 0.3) is 5.78 Å². The Balaban J connectivity index is 1.53. The number of carbonyl (C=O) groups is 1. The summed E-state index contributed by atoms with van der Waals surface area (Å²) in [5, 5.41) is 7.40. The quantitative estimate of drug-likeness (QED) is 0.626. The van der Waals surface area contributed by atoms with Crippen LogP contribution in [0.1, 0.15) is 28.6 Å². The maximum Gasteiger partial charge on any atom is 0.254 e. The molecule has 0 aliphatic carbocycles. The van der Waals surface area contributed by atoms with Crippen molar-refractivity contribution >= 4 is 17.6 Å². The minimum Gasteiger partial charge on any atom is -0.379 e. The summed E-state index contributed by atoms with van der Waals surface area (Å²) in [7, 11) is 0. The molecule has 4 rings (SSSR count). The van der Waals surface area contributed by atoms with Crippen LogP contribution in [0.4, 0.5) is 5.95 Å². The Morgan fingerprint density at radius 1 is 1.20 bits per heavy atom. The van der Waals surface area contributed by atoms with E-state index >= 15 is 0 Å². The smallest absolute Gasteiger partial charge is 0.254 e. The number of fused-ring (bicyclic) bond motifs is 1. The van der Waals surface area contributed by atoms with Gasteiger partial charge in [-0.15, -0.1) is 5.10 Å². The van der Waals surface area contributed by atoms with E-state index in [1.807, 2.05) is 44.2 Å². The average molecular weight is 409 g/mol. The number of aromatic nitrogens is 4. The first-order valence-electron chi connectivity index (χ1n) is 10.1. The molecule has 3 heterocycles. The van der Waals surface area contributed by atoms with Crippen LogP contribution in [0.3, 0.4) is 0 Å². The number of aryl methyl sites for hydroxylation is 2. The van der Waals surface area contributed by atoms with E-state index in [9.17, 15) is 4.79 Å². The highest BCUT2D eigenvalue weighted by Crippen LogP contribution is 2.18. The third kappa shape index (κ3) is 4.42. The van der Waals surface area contributed by atoms with Gasteiger partial charge < -0.3 is 15.8 Å². The summed E-state index contributed by atoms with van der Waals surface area (Å²) < 4.78 is 7.04. The SMILES string of the molecule is Cc1nc2nc(N)nn2c(C)c1CC(=O)NC(CN1CCOCC1)c1ccccc1. The van der Waals surface area contributed by atoms with E-state index in [1.165, 1.54) is 0 Å². The Morgan fingerprint density at radius 2 is 1.93 bits per heavy atom. The molecular weight excluding hydrogens is 382 g/mol. The number of anilines is 1. The van der Waals surface area contributed by atoms with Gasteiger partial charge in [-0.3, -0.25) is 9.69 Å². The number of hydrogen-bond acceptors (Lipinski definition) is 7. The van der Waals surface area contributed by atoms with Crippen LogP contribution in [0.15, 0.2) is 30.3 Å². The van der Waals surface area contributed by atoms with Crippen molar-refractivity contribution in [2.45, 2.75) is 26.3 Å². The summed E-state index contributed by atoms with van der Waals surface area (Å²) in [6.07, 6.45) is 0.215. The number of nitrogens with two attached hydrogens (primary N) is 1. The first-order valence-corrected chi connectivity index (χ1v) is 10.1. The second-order valence-electron chi connectivity index (χ2n) is 7.56. The molecular formula is C21H27N7O2. The van der Waals surface area contributed by atoms with E-state index in [-0.39, 0.29) is 24.3 Å². The van der Waals surface area contributed by atoms with Gasteiger partial charge in [0.2, 0.25) is 11.9 Å². The standard InChI is InChI=1S/C21H27N7O2/c1-14-17(15(2)28-21(23-14)25-20(22)26-28)12-19(29)24-18(16-6-4-3-5-7-16)13-27-8-10-30-11-9-27/h3-7,18H,8-13H2,1-2H3,(H2,22,26)(H,24,29). The van der Waals surface area contributed by atoms with Gasteiger partial charge >= 0.3 is 0 Å². The molecule has 1 aliphatic rings. The molecule has 0 radical (unpaired) electrons. The lowest BCUT2D eigenvalue weighted by Gasteiger charge is -2.31. The topological polar surface area (TPSA) is 111 Å². The molecule has 1 unspecified atom stereocenters. The van der Waals surface area contributed by atoms with Crippen molar-refractivity contribution in [1.82, 2.24) is 29.8 Å². The van der Waals surface area contributed by atoms with Crippen molar-refractivity contribution in [3.8, 4) is 0 Å². The minimum atomic E-state index is -0.101. The average Bonchev–Trinajstić information content (AvgIpc) is 3.12. The van der Waals surface area contributed by atoms with Gasteiger partial charge in [0, 0.05) is 36.6 Å². The second kappa shape index (κ2) is 8.76. The molecule has 30 heavy (non-hydrogen) atoms. The summed E-state index contributed by atoms with van der Waals surface area (Å²) in [6, 6.07) is 9.97. The number of amides is 1. The zero-order chi connectivity index (χ0) is 21.1. The number of hydrogen-bond donors (Lipinski definition) is 2. The predicted molar refractivity (Wildman–Crippen MR) is 113 cm³/mol. The van der Waals surface area contributed by atoms with E-state index < -0.39 is 0 Å². The molecule has 9 heteroatoms. The number of rotatable bonds is 6. The molecule has 3 aromatic rings. The fourth-order valence-corrected chi connectivity index (χ4v) is 3.85. The van der Waals surface area contributed by atoms with Gasteiger partial charge in [-0.1, -0.05) is 30.3 Å². The number of carbonyl (C=O) groups excluding carboxylic acids is 1. The van der Waals surface area contributed by atoms with Crippen LogP contribution in [0.5, 0.6) is 0 Å². The van der Waals surface area contributed by atoms with Gasteiger partial charge in [0.1, 0.15) is 0 Å². The number of nitrogens with one attached hydrogen (secondary N) is 1. The first kappa shape index (κ1) is 20.2. The third-order valence-electron chi connectivity index (χ3n) is 5.48. The Morgan fingerprint density at radius 3 is 2.67 bits per heavy atom.